The fraction of sp³-hybridized carbons (Fsp3) is 0.111. The molecule has 3 aromatic carbocycles. The number of rotatable bonds is 3. The Labute approximate surface area is 185 Å². The number of alkyl halides is 1. The molecule has 6 rings (SSSR count). The molecule has 2 unspecified atom stereocenters. The molecule has 2 N–H and O–H groups in total. The number of pyridine rings is 1. The van der Waals surface area contributed by atoms with Gasteiger partial charge in [0.2, 0.25) is 0 Å². The Morgan fingerprint density at radius 3 is 2.28 bits per heavy atom. The molecule has 0 spiro atoms. The first-order chi connectivity index (χ1) is 15.7. The van der Waals surface area contributed by atoms with Gasteiger partial charge < -0.3 is 5.73 Å². The van der Waals surface area contributed by atoms with Gasteiger partial charge in [0.15, 0.2) is 5.65 Å². The largest absolute Gasteiger partial charge is 0.322 e. The maximum absolute atomic E-state index is 14.3. The zero-order chi connectivity index (χ0) is 21.7. The lowest BCUT2D eigenvalue weighted by Crippen LogP contribution is -2.17. The predicted molar refractivity (Wildman–Crippen MR) is 125 cm³/mol. The summed E-state index contributed by atoms with van der Waals surface area (Å²) in [5.41, 5.74) is 13.3. The van der Waals surface area contributed by atoms with Gasteiger partial charge in [0.05, 0.1) is 11.7 Å². The van der Waals surface area contributed by atoms with Gasteiger partial charge in [0, 0.05) is 23.2 Å². The zero-order valence-corrected chi connectivity index (χ0v) is 17.3. The van der Waals surface area contributed by atoms with E-state index in [0.29, 0.717) is 6.42 Å². The van der Waals surface area contributed by atoms with Crippen LogP contribution >= 0.6 is 0 Å². The summed E-state index contributed by atoms with van der Waals surface area (Å²) < 4.78 is 16.3. The molecule has 0 bridgehead atoms. The fourth-order valence-electron chi connectivity index (χ4n) is 4.52. The molecule has 0 amide bonds. The number of hydrogen-bond donors (Lipinski definition) is 1. The summed E-state index contributed by atoms with van der Waals surface area (Å²) >= 11 is 0. The van der Waals surface area contributed by atoms with Gasteiger partial charge in [-0.25, -0.2) is 14.4 Å². The van der Waals surface area contributed by atoms with Crippen LogP contribution in [-0.4, -0.2) is 20.7 Å². The van der Waals surface area contributed by atoms with E-state index in [1.54, 1.807) is 0 Å². The van der Waals surface area contributed by atoms with E-state index in [9.17, 15) is 4.39 Å². The normalized spacial score (nSPS) is 17.6. The van der Waals surface area contributed by atoms with Crippen molar-refractivity contribution in [1.29, 1.82) is 0 Å². The predicted octanol–water partition coefficient (Wildman–Crippen LogP) is 5.65. The van der Waals surface area contributed by atoms with Crippen LogP contribution in [0, 0.1) is 0 Å². The third kappa shape index (κ3) is 3.01. The molecule has 2 atom stereocenters. The van der Waals surface area contributed by atoms with Crippen molar-refractivity contribution in [2.75, 3.05) is 0 Å². The number of imidazole rings is 1. The first-order valence-corrected chi connectivity index (χ1v) is 10.7. The van der Waals surface area contributed by atoms with E-state index in [2.05, 4.69) is 4.57 Å². The molecule has 32 heavy (non-hydrogen) atoms. The van der Waals surface area contributed by atoms with Gasteiger partial charge in [0.1, 0.15) is 17.5 Å². The van der Waals surface area contributed by atoms with Crippen molar-refractivity contribution in [3.05, 3.63) is 102 Å². The summed E-state index contributed by atoms with van der Waals surface area (Å²) in [7, 11) is 0. The second-order valence-corrected chi connectivity index (χ2v) is 8.17. The van der Waals surface area contributed by atoms with Crippen LogP contribution in [0.3, 0.4) is 0 Å². The smallest absolute Gasteiger partial charge is 0.165 e. The van der Waals surface area contributed by atoms with Crippen molar-refractivity contribution in [3.63, 3.8) is 0 Å². The van der Waals surface area contributed by atoms with Crippen LogP contribution in [0.4, 0.5) is 4.39 Å². The minimum Gasteiger partial charge on any atom is -0.322 e. The Bertz CT molecular complexity index is 1430. The summed E-state index contributed by atoms with van der Waals surface area (Å²) in [5, 5.41) is 0. The second-order valence-electron chi connectivity index (χ2n) is 8.17. The Hall–Kier alpha value is -3.83. The van der Waals surface area contributed by atoms with Crippen molar-refractivity contribution in [2.24, 2.45) is 5.73 Å². The van der Waals surface area contributed by atoms with Crippen molar-refractivity contribution in [2.45, 2.75) is 18.6 Å². The van der Waals surface area contributed by atoms with Gasteiger partial charge in [-0.2, -0.15) is 0 Å². The number of aromatic nitrogens is 3. The second kappa shape index (κ2) is 7.39. The lowest BCUT2D eigenvalue weighted by Gasteiger charge is -2.12. The molecule has 0 radical (unpaired) electrons. The van der Waals surface area contributed by atoms with Gasteiger partial charge in [-0.15, -0.1) is 0 Å². The van der Waals surface area contributed by atoms with Gasteiger partial charge in [-0.1, -0.05) is 66.7 Å². The summed E-state index contributed by atoms with van der Waals surface area (Å²) in [6.07, 6.45) is -0.712. The van der Waals surface area contributed by atoms with E-state index in [1.165, 1.54) is 0 Å². The quantitative estimate of drug-likeness (QED) is 0.410. The lowest BCUT2D eigenvalue weighted by atomic mass is 10.1. The number of nitrogens with two attached hydrogens (primary N) is 1. The number of hydrogen-bond acceptors (Lipinski definition) is 3. The summed E-state index contributed by atoms with van der Waals surface area (Å²) in [4.78, 5) is 9.91. The molecular formula is C27H21FN4. The van der Waals surface area contributed by atoms with E-state index < -0.39 is 12.2 Å². The van der Waals surface area contributed by atoms with Gasteiger partial charge in [0.25, 0.3) is 0 Å². The van der Waals surface area contributed by atoms with Crippen LogP contribution in [0.15, 0.2) is 91.0 Å². The van der Waals surface area contributed by atoms with E-state index >= 15 is 0 Å². The van der Waals surface area contributed by atoms with Crippen molar-refractivity contribution >= 4 is 11.2 Å². The van der Waals surface area contributed by atoms with Crippen LogP contribution in [0.5, 0.6) is 0 Å². The highest BCUT2D eigenvalue weighted by Gasteiger charge is 2.30. The molecule has 0 saturated carbocycles. The Balaban J connectivity index is 1.60. The summed E-state index contributed by atoms with van der Waals surface area (Å²) in [5.74, 6) is 0.803. The van der Waals surface area contributed by atoms with Crippen LogP contribution in [-0.2, 0) is 6.42 Å². The SMILES string of the molecule is NC1c2ccc(-n3c(-c4ccccc4)nc4ccc(-c5ccccc5)nc43)cc2CC1F. The Morgan fingerprint density at radius 1 is 0.812 bits per heavy atom. The molecule has 0 aliphatic heterocycles. The topological polar surface area (TPSA) is 56.7 Å². The summed E-state index contributed by atoms with van der Waals surface area (Å²) in [6.45, 7) is 0. The highest BCUT2D eigenvalue weighted by Crippen LogP contribution is 2.35. The van der Waals surface area contributed by atoms with Crippen LogP contribution in [0.25, 0.3) is 39.5 Å². The standard InChI is InChI=1S/C27H21FN4/c28-22-16-19-15-20(11-12-21(19)25(22)29)32-26(18-9-5-2-6-10-18)31-24-14-13-23(30-27(24)32)17-7-3-1-4-8-17/h1-15,22,25H,16,29H2. The Morgan fingerprint density at radius 2 is 1.53 bits per heavy atom. The van der Waals surface area contributed by atoms with E-state index in [4.69, 9.17) is 15.7 Å². The molecule has 0 fully saturated rings. The van der Waals surface area contributed by atoms with Crippen LogP contribution in [0.2, 0.25) is 0 Å². The lowest BCUT2D eigenvalue weighted by molar-refractivity contribution is 0.303. The van der Waals surface area contributed by atoms with Gasteiger partial charge in [-0.3, -0.25) is 4.57 Å². The number of fused-ring (bicyclic) bond motifs is 2. The Kier molecular flexibility index (Phi) is 4.37. The molecule has 4 nitrogen and oxygen atoms in total. The third-order valence-electron chi connectivity index (χ3n) is 6.15. The van der Waals surface area contributed by atoms with E-state index in [0.717, 1.165) is 50.6 Å². The number of benzene rings is 3. The monoisotopic (exact) mass is 420 g/mol. The average molecular weight is 420 g/mol. The molecular weight excluding hydrogens is 399 g/mol. The minimum atomic E-state index is -1.05. The maximum Gasteiger partial charge on any atom is 0.165 e. The molecule has 1 aliphatic carbocycles. The molecule has 5 heteroatoms. The van der Waals surface area contributed by atoms with E-state index in [-0.39, 0.29) is 0 Å². The number of nitrogens with zero attached hydrogens (tertiary/aromatic N) is 3. The maximum atomic E-state index is 14.3. The molecule has 2 heterocycles. The van der Waals surface area contributed by atoms with Gasteiger partial charge >= 0.3 is 0 Å². The van der Waals surface area contributed by atoms with E-state index in [1.807, 2.05) is 91.0 Å². The highest BCUT2D eigenvalue weighted by atomic mass is 19.1. The average Bonchev–Trinajstić information content (AvgIpc) is 3.36. The zero-order valence-electron chi connectivity index (χ0n) is 17.3. The number of halogens is 1. The van der Waals surface area contributed by atoms with Crippen molar-refractivity contribution < 1.29 is 4.39 Å². The highest BCUT2D eigenvalue weighted by molar-refractivity contribution is 5.82. The minimum absolute atomic E-state index is 0.334. The molecule has 2 aromatic heterocycles. The van der Waals surface area contributed by atoms with Gasteiger partial charge in [-0.05, 0) is 35.4 Å². The van der Waals surface area contributed by atoms with Crippen molar-refractivity contribution in [3.8, 4) is 28.3 Å². The first kappa shape index (κ1) is 18.9. The van der Waals surface area contributed by atoms with Crippen LogP contribution in [0.1, 0.15) is 17.2 Å². The third-order valence-corrected chi connectivity index (χ3v) is 6.15. The summed E-state index contributed by atoms with van der Waals surface area (Å²) in [6, 6.07) is 29.6. The first-order valence-electron chi connectivity index (χ1n) is 10.7. The fourth-order valence-corrected chi connectivity index (χ4v) is 4.52. The molecule has 0 saturated heterocycles. The van der Waals surface area contributed by atoms with Crippen molar-refractivity contribution in [1.82, 2.24) is 14.5 Å². The van der Waals surface area contributed by atoms with Crippen LogP contribution < -0.4 is 5.73 Å². The molecule has 156 valence electrons. The molecule has 1 aliphatic rings. The molecule has 5 aromatic rings.